The van der Waals surface area contributed by atoms with Crippen molar-refractivity contribution < 1.29 is 13.9 Å². The predicted octanol–water partition coefficient (Wildman–Crippen LogP) is 3.40. The summed E-state index contributed by atoms with van der Waals surface area (Å²) >= 11 is 1.45. The molecule has 0 saturated heterocycles. The zero-order chi connectivity index (χ0) is 17.1. The summed E-state index contributed by atoms with van der Waals surface area (Å²) in [6.45, 7) is 3.64. The summed E-state index contributed by atoms with van der Waals surface area (Å²) in [7, 11) is 0. The third kappa shape index (κ3) is 3.51. The van der Waals surface area contributed by atoms with Gasteiger partial charge in [-0.25, -0.2) is 14.4 Å². The van der Waals surface area contributed by atoms with Crippen molar-refractivity contribution in [2.24, 2.45) is 0 Å². The van der Waals surface area contributed by atoms with Crippen LogP contribution in [-0.4, -0.2) is 28.5 Å². The van der Waals surface area contributed by atoms with Gasteiger partial charge in [-0.05, 0) is 31.5 Å². The van der Waals surface area contributed by atoms with E-state index in [0.29, 0.717) is 5.88 Å². The Hall–Kier alpha value is -2.54. The number of thiophene rings is 1. The van der Waals surface area contributed by atoms with Crippen LogP contribution in [0.2, 0.25) is 0 Å². The van der Waals surface area contributed by atoms with Crippen LogP contribution >= 0.6 is 11.3 Å². The SMILES string of the molecule is CC(C)NC(=O)COc1ncnc2scc(-c3ccc(F)cc3)c12. The van der Waals surface area contributed by atoms with Crippen molar-refractivity contribution in [1.82, 2.24) is 15.3 Å². The van der Waals surface area contributed by atoms with Gasteiger partial charge in [0.25, 0.3) is 5.91 Å². The van der Waals surface area contributed by atoms with E-state index in [0.717, 1.165) is 21.3 Å². The highest BCUT2D eigenvalue weighted by Gasteiger charge is 2.15. The van der Waals surface area contributed by atoms with E-state index in [4.69, 9.17) is 4.74 Å². The second-order valence-corrected chi connectivity index (χ2v) is 6.38. The van der Waals surface area contributed by atoms with E-state index in [2.05, 4.69) is 15.3 Å². The first-order chi connectivity index (χ1) is 11.5. The first-order valence-electron chi connectivity index (χ1n) is 7.45. The number of fused-ring (bicyclic) bond motifs is 1. The van der Waals surface area contributed by atoms with Crippen molar-refractivity contribution in [2.45, 2.75) is 19.9 Å². The summed E-state index contributed by atoms with van der Waals surface area (Å²) in [5, 5.41) is 5.41. The van der Waals surface area contributed by atoms with Crippen LogP contribution in [-0.2, 0) is 4.79 Å². The maximum atomic E-state index is 13.1. The van der Waals surface area contributed by atoms with E-state index in [1.54, 1.807) is 12.1 Å². The highest BCUT2D eigenvalue weighted by Crippen LogP contribution is 2.37. The molecule has 3 rings (SSSR count). The molecule has 24 heavy (non-hydrogen) atoms. The van der Waals surface area contributed by atoms with E-state index in [9.17, 15) is 9.18 Å². The van der Waals surface area contributed by atoms with Gasteiger partial charge in [0.15, 0.2) is 6.61 Å². The Bertz CT molecular complexity index is 862. The highest BCUT2D eigenvalue weighted by atomic mass is 32.1. The molecule has 1 N–H and O–H groups in total. The normalized spacial score (nSPS) is 11.0. The fraction of sp³-hybridized carbons (Fsp3) is 0.235. The third-order valence-corrected chi connectivity index (χ3v) is 4.17. The Labute approximate surface area is 142 Å². The molecule has 0 unspecified atom stereocenters. The Morgan fingerprint density at radius 3 is 2.75 bits per heavy atom. The van der Waals surface area contributed by atoms with Crippen LogP contribution in [0.3, 0.4) is 0 Å². The average molecular weight is 345 g/mol. The van der Waals surface area contributed by atoms with Gasteiger partial charge < -0.3 is 10.1 Å². The number of hydrogen-bond acceptors (Lipinski definition) is 5. The molecule has 3 aromatic rings. The Kier molecular flexibility index (Phi) is 4.71. The summed E-state index contributed by atoms with van der Waals surface area (Å²) in [5.41, 5.74) is 1.70. The summed E-state index contributed by atoms with van der Waals surface area (Å²) in [6, 6.07) is 6.24. The number of carbonyl (C=O) groups excluding carboxylic acids is 1. The van der Waals surface area contributed by atoms with Crippen LogP contribution in [0.15, 0.2) is 36.0 Å². The van der Waals surface area contributed by atoms with Crippen molar-refractivity contribution in [3.05, 3.63) is 41.8 Å². The minimum atomic E-state index is -0.295. The van der Waals surface area contributed by atoms with E-state index in [-0.39, 0.29) is 24.4 Å². The molecule has 124 valence electrons. The third-order valence-electron chi connectivity index (χ3n) is 3.28. The van der Waals surface area contributed by atoms with Crippen LogP contribution in [0.5, 0.6) is 5.88 Å². The van der Waals surface area contributed by atoms with Crippen molar-refractivity contribution in [3.8, 4) is 17.0 Å². The number of hydrogen-bond donors (Lipinski definition) is 1. The molecule has 1 aromatic carbocycles. The van der Waals surface area contributed by atoms with Crippen LogP contribution in [0.25, 0.3) is 21.3 Å². The van der Waals surface area contributed by atoms with Gasteiger partial charge in [-0.3, -0.25) is 4.79 Å². The molecule has 1 amide bonds. The van der Waals surface area contributed by atoms with Gasteiger partial charge in [-0.1, -0.05) is 12.1 Å². The lowest BCUT2D eigenvalue weighted by molar-refractivity contribution is -0.123. The molecule has 0 radical (unpaired) electrons. The fourth-order valence-corrected chi connectivity index (χ4v) is 3.20. The number of aromatic nitrogens is 2. The van der Waals surface area contributed by atoms with Gasteiger partial charge in [0, 0.05) is 17.0 Å². The molecular weight excluding hydrogens is 329 g/mol. The van der Waals surface area contributed by atoms with Gasteiger partial charge in [0.1, 0.15) is 17.0 Å². The molecular formula is C17H16FN3O2S. The largest absolute Gasteiger partial charge is 0.467 e. The minimum absolute atomic E-state index is 0.0439. The predicted molar refractivity (Wildman–Crippen MR) is 91.6 cm³/mol. The lowest BCUT2D eigenvalue weighted by Crippen LogP contribution is -2.34. The summed E-state index contributed by atoms with van der Waals surface area (Å²) < 4.78 is 18.7. The lowest BCUT2D eigenvalue weighted by Gasteiger charge is -2.10. The number of benzene rings is 1. The topological polar surface area (TPSA) is 64.1 Å². The maximum absolute atomic E-state index is 13.1. The van der Waals surface area contributed by atoms with Crippen LogP contribution in [0.4, 0.5) is 4.39 Å². The number of halogens is 1. The van der Waals surface area contributed by atoms with Crippen LogP contribution < -0.4 is 10.1 Å². The molecule has 0 aliphatic carbocycles. The number of carbonyl (C=O) groups is 1. The molecule has 2 heterocycles. The van der Waals surface area contributed by atoms with E-state index in [1.165, 1.54) is 29.8 Å². The molecule has 2 aromatic heterocycles. The molecule has 5 nitrogen and oxygen atoms in total. The standard InChI is InChI=1S/C17H16FN3O2S/c1-10(2)21-14(22)7-23-16-15-13(8-24-17(15)20-9-19-16)11-3-5-12(18)6-4-11/h3-6,8-10H,7H2,1-2H3,(H,21,22). The second-order valence-electron chi connectivity index (χ2n) is 5.53. The minimum Gasteiger partial charge on any atom is -0.467 e. The van der Waals surface area contributed by atoms with Gasteiger partial charge in [-0.2, -0.15) is 0 Å². The fourth-order valence-electron chi connectivity index (χ4n) is 2.30. The van der Waals surface area contributed by atoms with Crippen molar-refractivity contribution in [2.75, 3.05) is 6.61 Å². The van der Waals surface area contributed by atoms with E-state index in [1.807, 2.05) is 19.2 Å². The second kappa shape index (κ2) is 6.92. The van der Waals surface area contributed by atoms with E-state index >= 15 is 0 Å². The van der Waals surface area contributed by atoms with Gasteiger partial charge in [0.2, 0.25) is 5.88 Å². The monoisotopic (exact) mass is 345 g/mol. The van der Waals surface area contributed by atoms with Gasteiger partial charge in [-0.15, -0.1) is 11.3 Å². The van der Waals surface area contributed by atoms with Crippen LogP contribution in [0, 0.1) is 5.82 Å². The van der Waals surface area contributed by atoms with Crippen molar-refractivity contribution in [3.63, 3.8) is 0 Å². The molecule has 0 aliphatic heterocycles. The number of amides is 1. The molecule has 0 saturated carbocycles. The molecule has 0 bridgehead atoms. The van der Waals surface area contributed by atoms with Gasteiger partial charge >= 0.3 is 0 Å². The van der Waals surface area contributed by atoms with Crippen molar-refractivity contribution in [1.29, 1.82) is 0 Å². The number of nitrogens with zero attached hydrogens (tertiary/aromatic N) is 2. The molecule has 0 aliphatic rings. The first-order valence-corrected chi connectivity index (χ1v) is 8.33. The van der Waals surface area contributed by atoms with Crippen LogP contribution in [0.1, 0.15) is 13.8 Å². The average Bonchev–Trinajstić information content (AvgIpc) is 2.97. The quantitative estimate of drug-likeness (QED) is 0.770. The Balaban J connectivity index is 1.92. The first kappa shape index (κ1) is 16.3. The number of nitrogens with one attached hydrogen (secondary N) is 1. The number of ether oxygens (including phenoxy) is 1. The summed E-state index contributed by atoms with van der Waals surface area (Å²) in [6.07, 6.45) is 1.41. The lowest BCUT2D eigenvalue weighted by atomic mass is 10.1. The molecule has 0 atom stereocenters. The summed E-state index contributed by atoms with van der Waals surface area (Å²) in [4.78, 5) is 20.9. The molecule has 0 fully saturated rings. The smallest absolute Gasteiger partial charge is 0.258 e. The Morgan fingerprint density at radius 2 is 2.04 bits per heavy atom. The van der Waals surface area contributed by atoms with Gasteiger partial charge in [0.05, 0.1) is 5.39 Å². The number of rotatable bonds is 5. The highest BCUT2D eigenvalue weighted by molar-refractivity contribution is 7.17. The summed E-state index contributed by atoms with van der Waals surface area (Å²) in [5.74, 6) is -0.161. The molecule has 7 heteroatoms. The molecule has 0 spiro atoms. The Morgan fingerprint density at radius 1 is 1.29 bits per heavy atom. The zero-order valence-electron chi connectivity index (χ0n) is 13.2. The van der Waals surface area contributed by atoms with Crippen molar-refractivity contribution >= 4 is 27.5 Å². The van der Waals surface area contributed by atoms with E-state index < -0.39 is 0 Å². The zero-order valence-corrected chi connectivity index (χ0v) is 14.1. The maximum Gasteiger partial charge on any atom is 0.258 e.